The molecule has 4 nitrogen and oxygen atoms in total. The molecule has 0 saturated heterocycles. The number of hydrogen-bond acceptors (Lipinski definition) is 3. The SMILES string of the molecule is CCOC(=O)c1ccc(-c2ccc[nH]c2=O)cc1. The minimum absolute atomic E-state index is 0.151. The monoisotopic (exact) mass is 243 g/mol. The van der Waals surface area contributed by atoms with Crippen molar-refractivity contribution in [2.75, 3.05) is 6.61 Å². The van der Waals surface area contributed by atoms with E-state index in [0.717, 1.165) is 5.56 Å². The van der Waals surface area contributed by atoms with Crippen molar-refractivity contribution in [1.82, 2.24) is 4.98 Å². The standard InChI is InChI=1S/C14H13NO3/c1-2-18-14(17)11-7-5-10(6-8-11)12-4-3-9-15-13(12)16/h3-9H,2H2,1H3,(H,15,16). The van der Waals surface area contributed by atoms with Crippen LogP contribution in [0.3, 0.4) is 0 Å². The molecule has 0 unspecified atom stereocenters. The number of rotatable bonds is 3. The predicted molar refractivity (Wildman–Crippen MR) is 68.5 cm³/mol. The van der Waals surface area contributed by atoms with Crippen LogP contribution in [0.5, 0.6) is 0 Å². The van der Waals surface area contributed by atoms with Gasteiger partial charge in [-0.2, -0.15) is 0 Å². The average Bonchev–Trinajstić information content (AvgIpc) is 2.40. The lowest BCUT2D eigenvalue weighted by Gasteiger charge is -2.03. The van der Waals surface area contributed by atoms with Crippen LogP contribution < -0.4 is 5.56 Å². The van der Waals surface area contributed by atoms with Gasteiger partial charge in [0.25, 0.3) is 5.56 Å². The fraction of sp³-hybridized carbons (Fsp3) is 0.143. The normalized spacial score (nSPS) is 10.1. The van der Waals surface area contributed by atoms with Crippen LogP contribution in [-0.4, -0.2) is 17.6 Å². The molecule has 1 aromatic heterocycles. The second kappa shape index (κ2) is 5.31. The molecule has 2 rings (SSSR count). The Labute approximate surface area is 104 Å². The summed E-state index contributed by atoms with van der Waals surface area (Å²) in [6.45, 7) is 2.11. The largest absolute Gasteiger partial charge is 0.462 e. The Morgan fingerprint density at radius 2 is 1.94 bits per heavy atom. The van der Waals surface area contributed by atoms with Gasteiger partial charge in [0.05, 0.1) is 12.2 Å². The van der Waals surface area contributed by atoms with Gasteiger partial charge in [-0.05, 0) is 36.8 Å². The number of esters is 1. The molecule has 1 aromatic carbocycles. The maximum Gasteiger partial charge on any atom is 0.338 e. The lowest BCUT2D eigenvalue weighted by molar-refractivity contribution is 0.0526. The van der Waals surface area contributed by atoms with Crippen molar-refractivity contribution in [2.45, 2.75) is 6.92 Å². The van der Waals surface area contributed by atoms with Gasteiger partial charge in [0.15, 0.2) is 0 Å². The first-order chi connectivity index (χ1) is 8.72. The van der Waals surface area contributed by atoms with Gasteiger partial charge in [0, 0.05) is 11.8 Å². The van der Waals surface area contributed by atoms with Crippen molar-refractivity contribution < 1.29 is 9.53 Å². The lowest BCUT2D eigenvalue weighted by atomic mass is 10.1. The van der Waals surface area contributed by atoms with Gasteiger partial charge in [-0.3, -0.25) is 4.79 Å². The molecule has 18 heavy (non-hydrogen) atoms. The minimum atomic E-state index is -0.356. The molecule has 4 heteroatoms. The minimum Gasteiger partial charge on any atom is -0.462 e. The molecule has 0 aliphatic rings. The van der Waals surface area contributed by atoms with E-state index < -0.39 is 0 Å². The molecule has 0 aliphatic carbocycles. The van der Waals surface area contributed by atoms with Crippen molar-refractivity contribution in [3.63, 3.8) is 0 Å². The number of benzene rings is 1. The fourth-order valence-electron chi connectivity index (χ4n) is 1.65. The molecule has 0 spiro atoms. The summed E-state index contributed by atoms with van der Waals surface area (Å²) in [4.78, 5) is 25.7. The molecule has 0 fully saturated rings. The maximum absolute atomic E-state index is 11.6. The van der Waals surface area contributed by atoms with Gasteiger partial charge < -0.3 is 9.72 Å². The van der Waals surface area contributed by atoms with Gasteiger partial charge in [0.2, 0.25) is 0 Å². The van der Waals surface area contributed by atoms with Crippen molar-refractivity contribution >= 4 is 5.97 Å². The van der Waals surface area contributed by atoms with Crippen LogP contribution in [-0.2, 0) is 4.74 Å². The molecule has 0 radical (unpaired) electrons. The van der Waals surface area contributed by atoms with E-state index in [4.69, 9.17) is 4.74 Å². The highest BCUT2D eigenvalue weighted by atomic mass is 16.5. The Hall–Kier alpha value is -2.36. The Bertz CT molecular complexity index is 599. The quantitative estimate of drug-likeness (QED) is 0.841. The van der Waals surface area contributed by atoms with E-state index in [-0.39, 0.29) is 11.5 Å². The number of carbonyl (C=O) groups excluding carboxylic acids is 1. The molecule has 1 heterocycles. The summed E-state index contributed by atoms with van der Waals surface area (Å²) < 4.78 is 4.89. The molecule has 0 bridgehead atoms. The van der Waals surface area contributed by atoms with E-state index in [1.54, 1.807) is 49.5 Å². The van der Waals surface area contributed by atoms with Gasteiger partial charge in [-0.1, -0.05) is 12.1 Å². The molecule has 0 aliphatic heterocycles. The first kappa shape index (κ1) is 12.1. The number of aromatic nitrogens is 1. The molecule has 0 saturated carbocycles. The molecular formula is C14H13NO3. The van der Waals surface area contributed by atoms with Gasteiger partial charge >= 0.3 is 5.97 Å². The van der Waals surface area contributed by atoms with E-state index in [9.17, 15) is 9.59 Å². The zero-order valence-electron chi connectivity index (χ0n) is 9.97. The van der Waals surface area contributed by atoms with Gasteiger partial charge in [-0.25, -0.2) is 4.79 Å². The van der Waals surface area contributed by atoms with Gasteiger partial charge in [0.1, 0.15) is 0 Å². The van der Waals surface area contributed by atoms with Crippen molar-refractivity contribution in [3.05, 3.63) is 58.5 Å². The molecule has 2 aromatic rings. The number of aromatic amines is 1. The molecular weight excluding hydrogens is 230 g/mol. The van der Waals surface area contributed by atoms with Crippen LogP contribution in [0.1, 0.15) is 17.3 Å². The highest BCUT2D eigenvalue weighted by molar-refractivity contribution is 5.90. The topological polar surface area (TPSA) is 59.2 Å². The molecule has 0 amide bonds. The summed E-state index contributed by atoms with van der Waals surface area (Å²) in [7, 11) is 0. The Balaban J connectivity index is 2.31. The van der Waals surface area contributed by atoms with Crippen LogP contribution in [0.2, 0.25) is 0 Å². The number of H-pyrrole nitrogens is 1. The first-order valence-corrected chi connectivity index (χ1v) is 5.67. The third-order valence-electron chi connectivity index (χ3n) is 2.53. The summed E-state index contributed by atoms with van der Waals surface area (Å²) in [6, 6.07) is 10.3. The van der Waals surface area contributed by atoms with E-state index in [2.05, 4.69) is 4.98 Å². The molecule has 92 valence electrons. The summed E-state index contributed by atoms with van der Waals surface area (Å²) in [6.07, 6.45) is 1.58. The van der Waals surface area contributed by atoms with Crippen molar-refractivity contribution in [3.8, 4) is 11.1 Å². The Kier molecular flexibility index (Phi) is 3.57. The number of nitrogens with one attached hydrogen (secondary N) is 1. The van der Waals surface area contributed by atoms with E-state index >= 15 is 0 Å². The summed E-state index contributed by atoms with van der Waals surface area (Å²) >= 11 is 0. The van der Waals surface area contributed by atoms with Crippen LogP contribution >= 0.6 is 0 Å². The van der Waals surface area contributed by atoms with Crippen LogP contribution in [0.4, 0.5) is 0 Å². The highest BCUT2D eigenvalue weighted by Crippen LogP contribution is 2.15. The Morgan fingerprint density at radius 1 is 1.22 bits per heavy atom. The highest BCUT2D eigenvalue weighted by Gasteiger charge is 2.07. The van der Waals surface area contributed by atoms with E-state index in [1.165, 1.54) is 0 Å². The lowest BCUT2D eigenvalue weighted by Crippen LogP contribution is -2.07. The second-order valence-electron chi connectivity index (χ2n) is 3.71. The average molecular weight is 243 g/mol. The summed E-state index contributed by atoms with van der Waals surface area (Å²) in [5, 5.41) is 0. The predicted octanol–water partition coefficient (Wildman–Crippen LogP) is 2.22. The molecule has 1 N–H and O–H groups in total. The number of hydrogen-bond donors (Lipinski definition) is 1. The van der Waals surface area contributed by atoms with Gasteiger partial charge in [-0.15, -0.1) is 0 Å². The number of ether oxygens (including phenoxy) is 1. The van der Waals surface area contributed by atoms with E-state index in [0.29, 0.717) is 17.7 Å². The first-order valence-electron chi connectivity index (χ1n) is 5.67. The smallest absolute Gasteiger partial charge is 0.338 e. The summed E-state index contributed by atoms with van der Waals surface area (Å²) in [5.41, 5.74) is 1.67. The Morgan fingerprint density at radius 3 is 2.56 bits per heavy atom. The van der Waals surface area contributed by atoms with Crippen LogP contribution in [0.15, 0.2) is 47.4 Å². The maximum atomic E-state index is 11.6. The number of carbonyl (C=O) groups is 1. The second-order valence-corrected chi connectivity index (χ2v) is 3.71. The van der Waals surface area contributed by atoms with Crippen molar-refractivity contribution in [1.29, 1.82) is 0 Å². The fourth-order valence-corrected chi connectivity index (χ4v) is 1.65. The molecule has 0 atom stereocenters. The zero-order chi connectivity index (χ0) is 13.0. The van der Waals surface area contributed by atoms with Crippen LogP contribution in [0, 0.1) is 0 Å². The van der Waals surface area contributed by atoms with E-state index in [1.807, 2.05) is 0 Å². The number of pyridine rings is 1. The van der Waals surface area contributed by atoms with Crippen LogP contribution in [0.25, 0.3) is 11.1 Å². The van der Waals surface area contributed by atoms with Crippen molar-refractivity contribution in [2.24, 2.45) is 0 Å². The summed E-state index contributed by atoms with van der Waals surface area (Å²) in [5.74, 6) is -0.356. The third kappa shape index (κ3) is 2.48. The third-order valence-corrected chi connectivity index (χ3v) is 2.53. The zero-order valence-corrected chi connectivity index (χ0v) is 9.97.